The largest absolute Gasteiger partial charge is 0.479 e. The first kappa shape index (κ1) is 14.6. The van der Waals surface area contributed by atoms with E-state index >= 15 is 0 Å². The molecule has 18 heavy (non-hydrogen) atoms. The van der Waals surface area contributed by atoms with E-state index in [0.29, 0.717) is 19.7 Å². The van der Waals surface area contributed by atoms with Crippen molar-refractivity contribution in [3.63, 3.8) is 0 Å². The van der Waals surface area contributed by atoms with E-state index in [0.717, 1.165) is 12.1 Å². The van der Waals surface area contributed by atoms with E-state index in [1.807, 2.05) is 24.0 Å². The Morgan fingerprint density at radius 2 is 2.11 bits per heavy atom. The van der Waals surface area contributed by atoms with Crippen LogP contribution in [0, 0.1) is 0 Å². The van der Waals surface area contributed by atoms with Gasteiger partial charge in [0.2, 0.25) is 0 Å². The number of rotatable bonds is 8. The maximum atomic E-state index is 11.0. The average molecular weight is 252 g/mol. The Kier molecular flexibility index (Phi) is 6.32. The van der Waals surface area contributed by atoms with Crippen molar-refractivity contribution in [3.05, 3.63) is 30.1 Å². The predicted octanol–water partition coefficient (Wildman–Crippen LogP) is 1.39. The number of likely N-dealkylation sites (N-methyl/N-ethyl adjacent to an activating group) is 1. The highest BCUT2D eigenvalue weighted by Gasteiger charge is 2.20. The Morgan fingerprint density at radius 3 is 2.61 bits per heavy atom. The number of nitrogens with zero attached hydrogens (tertiary/aromatic N) is 2. The van der Waals surface area contributed by atoms with Gasteiger partial charge in [0.1, 0.15) is 0 Å². The van der Waals surface area contributed by atoms with Crippen molar-refractivity contribution < 1.29 is 14.6 Å². The second kappa shape index (κ2) is 7.79. The van der Waals surface area contributed by atoms with Crippen LogP contribution in [0.4, 0.5) is 0 Å². The van der Waals surface area contributed by atoms with Crippen molar-refractivity contribution in [1.29, 1.82) is 0 Å². The van der Waals surface area contributed by atoms with E-state index in [1.54, 1.807) is 19.3 Å². The first-order chi connectivity index (χ1) is 8.67. The number of aliphatic carboxylic acids is 1. The second-order valence-corrected chi connectivity index (χ2v) is 3.97. The Labute approximate surface area is 107 Å². The molecule has 1 rings (SSSR count). The van der Waals surface area contributed by atoms with E-state index < -0.39 is 12.1 Å². The summed E-state index contributed by atoms with van der Waals surface area (Å²) in [6, 6.07) is 3.86. The molecule has 0 aromatic carbocycles. The summed E-state index contributed by atoms with van der Waals surface area (Å²) in [7, 11) is 0. The van der Waals surface area contributed by atoms with Gasteiger partial charge in [0.25, 0.3) is 0 Å². The first-order valence-corrected chi connectivity index (χ1v) is 6.13. The summed E-state index contributed by atoms with van der Waals surface area (Å²) >= 11 is 0. The highest BCUT2D eigenvalue weighted by molar-refractivity contribution is 5.72. The molecule has 1 unspecified atom stereocenters. The first-order valence-electron chi connectivity index (χ1n) is 6.13. The van der Waals surface area contributed by atoms with Gasteiger partial charge >= 0.3 is 5.97 Å². The van der Waals surface area contributed by atoms with Crippen molar-refractivity contribution in [2.45, 2.75) is 26.5 Å². The molecular formula is C13H20N2O3. The molecule has 0 fully saturated rings. The molecule has 5 heteroatoms. The van der Waals surface area contributed by atoms with Crippen LogP contribution in [0.5, 0.6) is 0 Å². The molecule has 5 nitrogen and oxygen atoms in total. The lowest BCUT2D eigenvalue weighted by molar-refractivity contribution is -0.151. The fourth-order valence-electron chi connectivity index (χ4n) is 1.69. The predicted molar refractivity (Wildman–Crippen MR) is 68.2 cm³/mol. The summed E-state index contributed by atoms with van der Waals surface area (Å²) in [6.45, 7) is 6.09. The van der Waals surface area contributed by atoms with Crippen LogP contribution in [0.1, 0.15) is 19.4 Å². The summed E-state index contributed by atoms with van der Waals surface area (Å²) < 4.78 is 5.22. The average Bonchev–Trinajstić information content (AvgIpc) is 2.38. The molecule has 1 aromatic rings. The van der Waals surface area contributed by atoms with Gasteiger partial charge in [0.05, 0.1) is 0 Å². The number of hydrogen-bond acceptors (Lipinski definition) is 4. The summed E-state index contributed by atoms with van der Waals surface area (Å²) in [5, 5.41) is 9.05. The normalized spacial score (nSPS) is 12.6. The molecule has 100 valence electrons. The zero-order valence-corrected chi connectivity index (χ0v) is 10.9. The third-order valence-corrected chi connectivity index (χ3v) is 2.67. The van der Waals surface area contributed by atoms with Gasteiger partial charge in [0, 0.05) is 32.1 Å². The summed E-state index contributed by atoms with van der Waals surface area (Å²) in [6.07, 6.45) is 2.71. The van der Waals surface area contributed by atoms with E-state index in [2.05, 4.69) is 4.98 Å². The molecule has 1 atom stereocenters. The van der Waals surface area contributed by atoms with Gasteiger partial charge < -0.3 is 9.84 Å². The lowest BCUT2D eigenvalue weighted by Crippen LogP contribution is -2.38. The topological polar surface area (TPSA) is 62.7 Å². The SMILES string of the molecule is CCOC(CN(CC)Cc1ccncc1)C(=O)O. The van der Waals surface area contributed by atoms with Crippen molar-refractivity contribution in [1.82, 2.24) is 9.88 Å². The van der Waals surface area contributed by atoms with E-state index in [-0.39, 0.29) is 0 Å². The van der Waals surface area contributed by atoms with Crippen molar-refractivity contribution in [2.75, 3.05) is 19.7 Å². The van der Waals surface area contributed by atoms with Crippen LogP contribution >= 0.6 is 0 Å². The van der Waals surface area contributed by atoms with Gasteiger partial charge in [-0.1, -0.05) is 6.92 Å². The number of pyridine rings is 1. The highest BCUT2D eigenvalue weighted by atomic mass is 16.5. The van der Waals surface area contributed by atoms with Crippen LogP contribution in [-0.2, 0) is 16.1 Å². The molecule has 1 heterocycles. The minimum atomic E-state index is -0.912. The molecule has 0 bridgehead atoms. The van der Waals surface area contributed by atoms with Gasteiger partial charge in [-0.3, -0.25) is 9.88 Å². The number of ether oxygens (including phenoxy) is 1. The lowest BCUT2D eigenvalue weighted by Gasteiger charge is -2.24. The molecule has 0 aliphatic heterocycles. The highest BCUT2D eigenvalue weighted by Crippen LogP contribution is 2.05. The molecule has 0 radical (unpaired) electrons. The van der Waals surface area contributed by atoms with Gasteiger partial charge in [-0.2, -0.15) is 0 Å². The Morgan fingerprint density at radius 1 is 1.44 bits per heavy atom. The molecule has 1 aromatic heterocycles. The standard InChI is InChI=1S/C13H20N2O3/c1-3-15(9-11-5-7-14-8-6-11)10-12(13(16)17)18-4-2/h5-8,12H,3-4,9-10H2,1-2H3,(H,16,17). The molecule has 0 aliphatic rings. The smallest absolute Gasteiger partial charge is 0.334 e. The van der Waals surface area contributed by atoms with Crippen LogP contribution in [-0.4, -0.2) is 46.8 Å². The minimum absolute atomic E-state index is 0.391. The number of carboxylic acid groups (broad SMARTS) is 1. The molecule has 0 aliphatic carbocycles. The quantitative estimate of drug-likeness (QED) is 0.757. The van der Waals surface area contributed by atoms with E-state index in [1.165, 1.54) is 0 Å². The summed E-state index contributed by atoms with van der Waals surface area (Å²) in [4.78, 5) is 17.0. The van der Waals surface area contributed by atoms with Crippen LogP contribution in [0.15, 0.2) is 24.5 Å². The summed E-state index contributed by atoms with van der Waals surface area (Å²) in [5.74, 6) is -0.912. The van der Waals surface area contributed by atoms with Crippen LogP contribution < -0.4 is 0 Å². The van der Waals surface area contributed by atoms with Crippen LogP contribution in [0.25, 0.3) is 0 Å². The molecule has 0 saturated carbocycles. The monoisotopic (exact) mass is 252 g/mol. The number of carbonyl (C=O) groups is 1. The van der Waals surface area contributed by atoms with Crippen molar-refractivity contribution in [2.24, 2.45) is 0 Å². The third kappa shape index (κ3) is 4.81. The second-order valence-electron chi connectivity index (χ2n) is 3.97. The van der Waals surface area contributed by atoms with Crippen LogP contribution in [0.2, 0.25) is 0 Å². The molecule has 0 spiro atoms. The fraction of sp³-hybridized carbons (Fsp3) is 0.538. The van der Waals surface area contributed by atoms with Crippen LogP contribution in [0.3, 0.4) is 0 Å². The molecule has 0 amide bonds. The van der Waals surface area contributed by atoms with E-state index in [4.69, 9.17) is 9.84 Å². The molecule has 1 N–H and O–H groups in total. The van der Waals surface area contributed by atoms with Gasteiger partial charge in [0.15, 0.2) is 6.10 Å². The van der Waals surface area contributed by atoms with Crippen molar-refractivity contribution >= 4 is 5.97 Å². The zero-order valence-electron chi connectivity index (χ0n) is 10.9. The number of aromatic nitrogens is 1. The Bertz CT molecular complexity index is 357. The zero-order chi connectivity index (χ0) is 13.4. The Hall–Kier alpha value is -1.46. The molecule has 0 saturated heterocycles. The maximum Gasteiger partial charge on any atom is 0.334 e. The number of hydrogen-bond donors (Lipinski definition) is 1. The van der Waals surface area contributed by atoms with E-state index in [9.17, 15) is 4.79 Å². The minimum Gasteiger partial charge on any atom is -0.479 e. The van der Waals surface area contributed by atoms with Crippen molar-refractivity contribution in [3.8, 4) is 0 Å². The molecular weight excluding hydrogens is 232 g/mol. The van der Waals surface area contributed by atoms with Gasteiger partial charge in [-0.15, -0.1) is 0 Å². The number of carboxylic acids is 1. The van der Waals surface area contributed by atoms with Gasteiger partial charge in [-0.05, 0) is 31.2 Å². The fourth-order valence-corrected chi connectivity index (χ4v) is 1.69. The lowest BCUT2D eigenvalue weighted by atomic mass is 10.2. The maximum absolute atomic E-state index is 11.0. The van der Waals surface area contributed by atoms with Gasteiger partial charge in [-0.25, -0.2) is 4.79 Å². The summed E-state index contributed by atoms with van der Waals surface area (Å²) in [5.41, 5.74) is 1.12. The Balaban J connectivity index is 2.57. The third-order valence-electron chi connectivity index (χ3n) is 2.67.